The van der Waals surface area contributed by atoms with Gasteiger partial charge in [-0.3, -0.25) is 9.69 Å². The summed E-state index contributed by atoms with van der Waals surface area (Å²) >= 11 is 1.17. The van der Waals surface area contributed by atoms with Crippen LogP contribution in [0.5, 0.6) is 0 Å². The van der Waals surface area contributed by atoms with Crippen molar-refractivity contribution in [2.24, 2.45) is 0 Å². The van der Waals surface area contributed by atoms with E-state index < -0.39 is 23.7 Å². The molecular weight excluding hydrogens is 362 g/mol. The molecule has 1 heterocycles. The molecule has 2 aromatic carbocycles. The van der Waals surface area contributed by atoms with Gasteiger partial charge in [-0.05, 0) is 24.3 Å². The fraction of sp³-hybridized carbons (Fsp3) is 0.125. The van der Waals surface area contributed by atoms with Crippen molar-refractivity contribution in [1.82, 2.24) is 0 Å². The number of anilines is 2. The van der Waals surface area contributed by atoms with Crippen molar-refractivity contribution in [3.8, 4) is 0 Å². The lowest BCUT2D eigenvalue weighted by molar-refractivity contribution is -0.344. The van der Waals surface area contributed by atoms with Gasteiger partial charge in [0.1, 0.15) is 5.97 Å². The molecule has 25 heavy (non-hydrogen) atoms. The molecule has 0 N–H and O–H groups in total. The highest BCUT2D eigenvalue weighted by Crippen LogP contribution is 2.50. The predicted octanol–water partition coefficient (Wildman–Crippen LogP) is 2.84. The van der Waals surface area contributed by atoms with Crippen molar-refractivity contribution in [2.45, 2.75) is 21.6 Å². The number of rotatable bonds is 3. The van der Waals surface area contributed by atoms with Crippen LogP contribution in [0.4, 0.5) is 28.9 Å². The minimum Gasteiger partial charge on any atom is -0.544 e. The highest BCUT2D eigenvalue weighted by molar-refractivity contribution is 7.99. The maximum Gasteiger partial charge on any atom is 0.392 e. The number of carbonyl (C=O) groups is 2. The number of alkyl halides is 4. The van der Waals surface area contributed by atoms with Crippen LogP contribution in [0, 0.1) is 0 Å². The first-order chi connectivity index (χ1) is 11.7. The molecule has 130 valence electrons. The number of carboxylic acid groups (broad SMARTS) is 1. The molecule has 0 bridgehead atoms. The van der Waals surface area contributed by atoms with Gasteiger partial charge in [0.15, 0.2) is 0 Å². The van der Waals surface area contributed by atoms with Gasteiger partial charge >= 0.3 is 17.8 Å². The summed E-state index contributed by atoms with van der Waals surface area (Å²) in [5.74, 6) is -16.8. The Morgan fingerprint density at radius 2 is 1.28 bits per heavy atom. The molecule has 3 rings (SSSR count). The SMILES string of the molecule is O=C([O-])C(F)(F)C(F)(F)C(=O)N1c2ccccc2Sc2ccccc21. The zero-order valence-corrected chi connectivity index (χ0v) is 13.0. The summed E-state index contributed by atoms with van der Waals surface area (Å²) in [6, 6.07) is 11.8. The number of carbonyl (C=O) groups excluding carboxylic acids is 2. The monoisotopic (exact) mass is 370 g/mol. The van der Waals surface area contributed by atoms with Crippen molar-refractivity contribution in [2.75, 3.05) is 4.90 Å². The van der Waals surface area contributed by atoms with E-state index in [1.165, 1.54) is 48.2 Å². The second-order valence-corrected chi connectivity index (χ2v) is 6.20. The quantitative estimate of drug-likeness (QED) is 0.780. The minimum absolute atomic E-state index is 0.0370. The molecule has 0 saturated heterocycles. The Labute approximate surface area is 143 Å². The number of aliphatic carboxylic acids is 1. The lowest BCUT2D eigenvalue weighted by Gasteiger charge is -2.35. The Morgan fingerprint density at radius 3 is 1.72 bits per heavy atom. The molecule has 0 aromatic heterocycles. The third-order valence-corrected chi connectivity index (χ3v) is 4.68. The van der Waals surface area contributed by atoms with Gasteiger partial charge in [-0.25, -0.2) is 0 Å². The standard InChI is InChI=1S/C16H9F4NO3S/c17-15(18,16(19,20)14(23)24)13(22)21-9-5-1-3-7-11(9)25-12-8-4-2-6-10(12)21/h1-8H,(H,23,24)/p-1. The van der Waals surface area contributed by atoms with E-state index in [-0.39, 0.29) is 11.4 Å². The van der Waals surface area contributed by atoms with Crippen molar-refractivity contribution in [3.05, 3.63) is 48.5 Å². The van der Waals surface area contributed by atoms with Crippen LogP contribution >= 0.6 is 11.8 Å². The second-order valence-electron chi connectivity index (χ2n) is 5.11. The maximum absolute atomic E-state index is 14.0. The molecule has 1 aliphatic heterocycles. The Morgan fingerprint density at radius 1 is 0.840 bits per heavy atom. The molecule has 9 heteroatoms. The van der Waals surface area contributed by atoms with E-state index in [0.29, 0.717) is 14.7 Å². The molecule has 0 aliphatic carbocycles. The van der Waals surface area contributed by atoms with Crippen molar-refractivity contribution in [3.63, 3.8) is 0 Å². The summed E-state index contributed by atoms with van der Waals surface area (Å²) in [5.41, 5.74) is -0.0740. The zero-order chi connectivity index (χ0) is 18.4. The summed E-state index contributed by atoms with van der Waals surface area (Å²) in [5, 5.41) is 10.4. The van der Waals surface area contributed by atoms with E-state index in [1.807, 2.05) is 0 Å². The van der Waals surface area contributed by atoms with Crippen LogP contribution in [0.1, 0.15) is 0 Å². The van der Waals surface area contributed by atoms with Gasteiger partial charge in [0.25, 0.3) is 0 Å². The van der Waals surface area contributed by atoms with Gasteiger partial charge in [0, 0.05) is 9.79 Å². The summed E-state index contributed by atoms with van der Waals surface area (Å²) in [6.45, 7) is 0. The topological polar surface area (TPSA) is 60.4 Å². The summed E-state index contributed by atoms with van der Waals surface area (Å²) < 4.78 is 54.9. The van der Waals surface area contributed by atoms with E-state index in [0.717, 1.165) is 0 Å². The Bertz CT molecular complexity index is 826. The third kappa shape index (κ3) is 2.55. The number of nitrogens with zero attached hydrogens (tertiary/aromatic N) is 1. The van der Waals surface area contributed by atoms with E-state index in [1.54, 1.807) is 12.1 Å². The molecule has 0 unspecified atom stereocenters. The van der Waals surface area contributed by atoms with Crippen LogP contribution < -0.4 is 10.0 Å². The van der Waals surface area contributed by atoms with Gasteiger partial charge in [0.05, 0.1) is 11.4 Å². The molecule has 4 nitrogen and oxygen atoms in total. The smallest absolute Gasteiger partial charge is 0.392 e. The number of carboxylic acids is 1. The van der Waals surface area contributed by atoms with E-state index >= 15 is 0 Å². The summed E-state index contributed by atoms with van der Waals surface area (Å²) in [7, 11) is 0. The van der Waals surface area contributed by atoms with Crippen LogP contribution in [-0.2, 0) is 9.59 Å². The van der Waals surface area contributed by atoms with E-state index in [2.05, 4.69) is 0 Å². The Balaban J connectivity index is 2.17. The van der Waals surface area contributed by atoms with Gasteiger partial charge in [-0.1, -0.05) is 36.0 Å². The zero-order valence-electron chi connectivity index (χ0n) is 12.2. The number of halogens is 4. The number of hydrogen-bond acceptors (Lipinski definition) is 4. The molecule has 1 aliphatic rings. The lowest BCUT2D eigenvalue weighted by atomic mass is 10.1. The number of amides is 1. The van der Waals surface area contributed by atoms with Gasteiger partial charge in [0.2, 0.25) is 0 Å². The molecule has 0 radical (unpaired) electrons. The largest absolute Gasteiger partial charge is 0.544 e. The Hall–Kier alpha value is -2.55. The number of benzene rings is 2. The molecule has 0 saturated carbocycles. The predicted molar refractivity (Wildman–Crippen MR) is 79.1 cm³/mol. The number of fused-ring (bicyclic) bond motifs is 2. The molecule has 2 aromatic rings. The molecular formula is C16H8F4NO3S-. The number of hydrogen-bond donors (Lipinski definition) is 0. The maximum atomic E-state index is 14.0. The van der Waals surface area contributed by atoms with Crippen molar-refractivity contribution in [1.29, 1.82) is 0 Å². The van der Waals surface area contributed by atoms with Crippen molar-refractivity contribution < 1.29 is 32.3 Å². The van der Waals surface area contributed by atoms with Gasteiger partial charge in [-0.2, -0.15) is 17.6 Å². The van der Waals surface area contributed by atoms with Crippen LogP contribution in [0.2, 0.25) is 0 Å². The Kier molecular flexibility index (Phi) is 3.98. The first-order valence-corrected chi connectivity index (χ1v) is 7.67. The van der Waals surface area contributed by atoms with E-state index in [4.69, 9.17) is 0 Å². The second kappa shape index (κ2) is 5.76. The van der Waals surface area contributed by atoms with Gasteiger partial charge in [-0.15, -0.1) is 0 Å². The van der Waals surface area contributed by atoms with E-state index in [9.17, 15) is 32.3 Å². The first-order valence-electron chi connectivity index (χ1n) is 6.85. The normalized spacial score (nSPS) is 13.8. The molecule has 0 atom stereocenters. The van der Waals surface area contributed by atoms with Crippen LogP contribution in [0.25, 0.3) is 0 Å². The average Bonchev–Trinajstić information content (AvgIpc) is 2.58. The summed E-state index contributed by atoms with van der Waals surface area (Å²) in [6.07, 6.45) is 0. The first kappa shape index (κ1) is 17.3. The number of para-hydroxylation sites is 2. The van der Waals surface area contributed by atoms with Crippen LogP contribution in [0.3, 0.4) is 0 Å². The van der Waals surface area contributed by atoms with Crippen molar-refractivity contribution >= 4 is 35.0 Å². The molecule has 0 fully saturated rings. The molecule has 1 amide bonds. The highest BCUT2D eigenvalue weighted by Gasteiger charge is 2.65. The fourth-order valence-corrected chi connectivity index (χ4v) is 3.38. The summed E-state index contributed by atoms with van der Waals surface area (Å²) in [4.78, 5) is 23.9. The highest BCUT2D eigenvalue weighted by atomic mass is 32.2. The van der Waals surface area contributed by atoms with Gasteiger partial charge < -0.3 is 9.90 Å². The third-order valence-electron chi connectivity index (χ3n) is 3.55. The minimum atomic E-state index is -5.65. The van der Waals surface area contributed by atoms with Crippen LogP contribution in [-0.4, -0.2) is 23.7 Å². The lowest BCUT2D eigenvalue weighted by Crippen LogP contribution is -2.60. The molecule has 0 spiro atoms. The fourth-order valence-electron chi connectivity index (χ4n) is 2.33. The average molecular weight is 370 g/mol. The van der Waals surface area contributed by atoms with Crippen LogP contribution in [0.15, 0.2) is 58.3 Å².